The SMILES string of the molecule is COCc1cc(COc2cc(C#N)cc(OC)c2)no1. The van der Waals surface area contributed by atoms with E-state index in [2.05, 4.69) is 11.2 Å². The van der Waals surface area contributed by atoms with Crippen molar-refractivity contribution in [1.82, 2.24) is 5.16 Å². The lowest BCUT2D eigenvalue weighted by Crippen LogP contribution is -1.96. The van der Waals surface area contributed by atoms with E-state index in [1.54, 1.807) is 31.4 Å². The average molecular weight is 274 g/mol. The molecule has 0 N–H and O–H groups in total. The fourth-order valence-corrected chi connectivity index (χ4v) is 1.63. The third kappa shape index (κ3) is 3.49. The van der Waals surface area contributed by atoms with Crippen molar-refractivity contribution in [3.8, 4) is 17.6 Å². The second-order valence-corrected chi connectivity index (χ2v) is 4.02. The maximum absolute atomic E-state index is 8.93. The van der Waals surface area contributed by atoms with Crippen molar-refractivity contribution >= 4 is 0 Å². The molecule has 20 heavy (non-hydrogen) atoms. The first-order valence-corrected chi connectivity index (χ1v) is 5.90. The van der Waals surface area contributed by atoms with Crippen LogP contribution in [0.15, 0.2) is 28.8 Å². The highest BCUT2D eigenvalue weighted by molar-refractivity contribution is 5.43. The summed E-state index contributed by atoms with van der Waals surface area (Å²) in [5.41, 5.74) is 1.12. The van der Waals surface area contributed by atoms with E-state index < -0.39 is 0 Å². The minimum Gasteiger partial charge on any atom is -0.497 e. The summed E-state index contributed by atoms with van der Waals surface area (Å²) in [5.74, 6) is 1.74. The van der Waals surface area contributed by atoms with Crippen LogP contribution in [-0.4, -0.2) is 19.4 Å². The van der Waals surface area contributed by atoms with Crippen LogP contribution in [0.5, 0.6) is 11.5 Å². The van der Waals surface area contributed by atoms with E-state index >= 15 is 0 Å². The number of ether oxygens (including phenoxy) is 3. The fourth-order valence-electron chi connectivity index (χ4n) is 1.63. The second kappa shape index (κ2) is 6.59. The van der Waals surface area contributed by atoms with Crippen LogP contribution in [0.3, 0.4) is 0 Å². The maximum Gasteiger partial charge on any atom is 0.162 e. The van der Waals surface area contributed by atoms with Gasteiger partial charge in [0.15, 0.2) is 5.76 Å². The minimum atomic E-state index is 0.241. The lowest BCUT2D eigenvalue weighted by Gasteiger charge is -2.06. The summed E-state index contributed by atoms with van der Waals surface area (Å²) in [5, 5.41) is 12.8. The van der Waals surface area contributed by atoms with Crippen LogP contribution in [0.2, 0.25) is 0 Å². The Bertz CT molecular complexity index is 616. The number of rotatable bonds is 6. The van der Waals surface area contributed by atoms with Gasteiger partial charge in [0.25, 0.3) is 0 Å². The largest absolute Gasteiger partial charge is 0.497 e. The first-order chi connectivity index (χ1) is 9.75. The van der Waals surface area contributed by atoms with Crippen molar-refractivity contribution in [2.24, 2.45) is 0 Å². The summed E-state index contributed by atoms with van der Waals surface area (Å²) >= 11 is 0. The highest BCUT2D eigenvalue weighted by Crippen LogP contribution is 2.23. The molecular formula is C14H14N2O4. The van der Waals surface area contributed by atoms with Crippen LogP contribution in [0.4, 0.5) is 0 Å². The normalized spacial score (nSPS) is 10.1. The number of nitriles is 1. The van der Waals surface area contributed by atoms with Crippen LogP contribution in [0.1, 0.15) is 17.0 Å². The Morgan fingerprint density at radius 1 is 1.15 bits per heavy atom. The lowest BCUT2D eigenvalue weighted by atomic mass is 10.2. The summed E-state index contributed by atoms with van der Waals surface area (Å²) in [4.78, 5) is 0. The summed E-state index contributed by atoms with van der Waals surface area (Å²) in [6.45, 7) is 0.607. The monoisotopic (exact) mass is 274 g/mol. The van der Waals surface area contributed by atoms with Crippen LogP contribution in [-0.2, 0) is 18.0 Å². The Balaban J connectivity index is 2.04. The molecule has 2 aromatic rings. The maximum atomic E-state index is 8.93. The van der Waals surface area contributed by atoms with Gasteiger partial charge < -0.3 is 18.7 Å². The van der Waals surface area contributed by atoms with Gasteiger partial charge in [-0.15, -0.1) is 0 Å². The molecule has 0 amide bonds. The number of methoxy groups -OCH3 is 2. The third-order valence-electron chi connectivity index (χ3n) is 2.53. The molecule has 0 saturated heterocycles. The highest BCUT2D eigenvalue weighted by Gasteiger charge is 2.06. The Labute approximate surface area is 116 Å². The molecule has 0 unspecified atom stereocenters. The standard InChI is InChI=1S/C14H14N2O4/c1-17-9-14-5-11(16-20-14)8-19-13-4-10(7-15)3-12(6-13)18-2/h3-6H,8-9H2,1-2H3. The molecule has 104 valence electrons. The molecule has 0 aliphatic rings. The number of benzene rings is 1. The van der Waals surface area contributed by atoms with E-state index in [-0.39, 0.29) is 6.61 Å². The summed E-state index contributed by atoms with van der Waals surface area (Å²) in [6, 6.07) is 8.79. The molecule has 6 nitrogen and oxygen atoms in total. The summed E-state index contributed by atoms with van der Waals surface area (Å²) in [6.07, 6.45) is 0. The average Bonchev–Trinajstić information content (AvgIpc) is 2.93. The molecule has 0 aliphatic heterocycles. The lowest BCUT2D eigenvalue weighted by molar-refractivity contribution is 0.155. The first kappa shape index (κ1) is 13.9. The quantitative estimate of drug-likeness (QED) is 0.804. The van der Waals surface area contributed by atoms with Crippen molar-refractivity contribution in [3.05, 3.63) is 41.3 Å². The van der Waals surface area contributed by atoms with Crippen molar-refractivity contribution in [3.63, 3.8) is 0 Å². The number of aromatic nitrogens is 1. The van der Waals surface area contributed by atoms with Crippen molar-refractivity contribution in [2.75, 3.05) is 14.2 Å². The number of nitrogens with zero attached hydrogens (tertiary/aromatic N) is 2. The molecule has 0 saturated carbocycles. The van der Waals surface area contributed by atoms with Gasteiger partial charge in [0.1, 0.15) is 30.4 Å². The van der Waals surface area contributed by atoms with E-state index in [1.165, 1.54) is 7.11 Å². The minimum absolute atomic E-state index is 0.241. The molecule has 0 atom stereocenters. The summed E-state index contributed by atoms with van der Waals surface area (Å²) in [7, 11) is 3.12. The molecule has 0 radical (unpaired) electrons. The van der Waals surface area contributed by atoms with Gasteiger partial charge in [0.2, 0.25) is 0 Å². The van der Waals surface area contributed by atoms with E-state index in [0.29, 0.717) is 35.1 Å². The molecule has 1 aromatic heterocycles. The second-order valence-electron chi connectivity index (χ2n) is 4.02. The molecule has 0 bridgehead atoms. The molecule has 0 fully saturated rings. The highest BCUT2D eigenvalue weighted by atomic mass is 16.5. The Morgan fingerprint density at radius 3 is 2.65 bits per heavy atom. The molecular weight excluding hydrogens is 260 g/mol. The van der Waals surface area contributed by atoms with E-state index in [9.17, 15) is 0 Å². The predicted molar refractivity (Wildman–Crippen MR) is 69.3 cm³/mol. The smallest absolute Gasteiger partial charge is 0.162 e. The van der Waals surface area contributed by atoms with Gasteiger partial charge >= 0.3 is 0 Å². The molecule has 0 aliphatic carbocycles. The predicted octanol–water partition coefficient (Wildman–Crippen LogP) is 2.28. The zero-order valence-corrected chi connectivity index (χ0v) is 11.3. The Morgan fingerprint density at radius 2 is 1.95 bits per heavy atom. The number of hydrogen-bond donors (Lipinski definition) is 0. The van der Waals surface area contributed by atoms with E-state index in [1.807, 2.05) is 0 Å². The van der Waals surface area contributed by atoms with Crippen LogP contribution in [0.25, 0.3) is 0 Å². The molecule has 6 heteroatoms. The topological polar surface area (TPSA) is 77.5 Å². The van der Waals surface area contributed by atoms with Gasteiger partial charge in [0.05, 0.1) is 18.7 Å². The number of hydrogen-bond acceptors (Lipinski definition) is 6. The first-order valence-electron chi connectivity index (χ1n) is 5.90. The van der Waals surface area contributed by atoms with Crippen molar-refractivity contribution < 1.29 is 18.7 Å². The molecule has 1 aromatic carbocycles. The van der Waals surface area contributed by atoms with Gasteiger partial charge in [-0.25, -0.2) is 0 Å². The molecule has 1 heterocycles. The Hall–Kier alpha value is -2.52. The van der Waals surface area contributed by atoms with Gasteiger partial charge in [-0.2, -0.15) is 5.26 Å². The van der Waals surface area contributed by atoms with Crippen molar-refractivity contribution in [1.29, 1.82) is 5.26 Å². The van der Waals surface area contributed by atoms with Gasteiger partial charge in [0, 0.05) is 19.2 Å². The van der Waals surface area contributed by atoms with Crippen LogP contribution >= 0.6 is 0 Å². The molecule has 0 spiro atoms. The zero-order chi connectivity index (χ0) is 14.4. The van der Waals surface area contributed by atoms with E-state index in [0.717, 1.165) is 0 Å². The van der Waals surface area contributed by atoms with Gasteiger partial charge in [-0.05, 0) is 12.1 Å². The Kier molecular flexibility index (Phi) is 4.58. The van der Waals surface area contributed by atoms with Crippen LogP contribution in [0, 0.1) is 11.3 Å². The van der Waals surface area contributed by atoms with E-state index in [4.69, 9.17) is 24.0 Å². The van der Waals surface area contributed by atoms with Gasteiger partial charge in [-0.1, -0.05) is 5.16 Å². The fraction of sp³-hybridized carbons (Fsp3) is 0.286. The van der Waals surface area contributed by atoms with Gasteiger partial charge in [-0.3, -0.25) is 0 Å². The zero-order valence-electron chi connectivity index (χ0n) is 11.3. The van der Waals surface area contributed by atoms with Crippen LogP contribution < -0.4 is 9.47 Å². The molecule has 2 rings (SSSR count). The summed E-state index contributed by atoms with van der Waals surface area (Å²) < 4.78 is 20.7. The van der Waals surface area contributed by atoms with Crippen molar-refractivity contribution in [2.45, 2.75) is 13.2 Å². The third-order valence-corrected chi connectivity index (χ3v) is 2.53.